The molecule has 2 atom stereocenters. The molecule has 0 saturated carbocycles. The summed E-state index contributed by atoms with van der Waals surface area (Å²) in [4.78, 5) is 29.9. The molecule has 38 heavy (non-hydrogen) atoms. The molecular weight excluding hydrogens is 520 g/mol. The number of aliphatic imine (C=N–C) groups is 1. The van der Waals surface area contributed by atoms with Crippen LogP contribution >= 0.6 is 23.4 Å². The normalized spacial score (nSPS) is 18.8. The molecule has 2 amide bonds. The van der Waals surface area contributed by atoms with Gasteiger partial charge in [-0.1, -0.05) is 65.3 Å². The van der Waals surface area contributed by atoms with Crippen molar-refractivity contribution in [2.45, 2.75) is 38.0 Å². The number of benzene rings is 3. The number of nitrogens with one attached hydrogen (secondary N) is 1. The maximum Gasteiger partial charge on any atom is 0.262 e. The third-order valence-corrected chi connectivity index (χ3v) is 7.69. The van der Waals surface area contributed by atoms with Crippen molar-refractivity contribution in [1.29, 1.82) is 0 Å². The number of ether oxygens (including phenoxy) is 1. The van der Waals surface area contributed by atoms with Crippen molar-refractivity contribution >= 4 is 51.7 Å². The number of nitrogens with zero attached hydrogens (tertiary/aromatic N) is 3. The summed E-state index contributed by atoms with van der Waals surface area (Å²) in [5.74, 6) is 0.146. The molecule has 2 heterocycles. The molecule has 0 radical (unpaired) electrons. The van der Waals surface area contributed by atoms with Gasteiger partial charge in [0, 0.05) is 23.6 Å². The Bertz CT molecular complexity index is 1390. The first-order valence-corrected chi connectivity index (χ1v) is 13.7. The highest BCUT2D eigenvalue weighted by molar-refractivity contribution is 8.15. The smallest absolute Gasteiger partial charge is 0.262 e. The number of hydrazone groups is 1. The van der Waals surface area contributed by atoms with E-state index in [2.05, 4.69) is 34.6 Å². The van der Waals surface area contributed by atoms with Gasteiger partial charge in [-0.25, -0.2) is 5.01 Å². The molecule has 2 aliphatic rings. The number of aryl methyl sites for hydroxylation is 1. The molecule has 194 valence electrons. The summed E-state index contributed by atoms with van der Waals surface area (Å²) in [5, 5.41) is 10.1. The fraction of sp³-hybridized carbons (Fsp3) is 0.241. The number of carbonyl (C=O) groups is 2. The highest BCUT2D eigenvalue weighted by Crippen LogP contribution is 2.39. The molecule has 3 aromatic rings. The van der Waals surface area contributed by atoms with Gasteiger partial charge in [-0.05, 0) is 61.4 Å². The first kappa shape index (κ1) is 26.0. The van der Waals surface area contributed by atoms with E-state index in [1.807, 2.05) is 43.1 Å². The second kappa shape index (κ2) is 11.4. The highest BCUT2D eigenvalue weighted by atomic mass is 35.5. The minimum absolute atomic E-state index is 0.0116. The Labute approximate surface area is 230 Å². The Hall–Kier alpha value is -3.62. The summed E-state index contributed by atoms with van der Waals surface area (Å²) in [7, 11) is 0. The van der Waals surface area contributed by atoms with Crippen LogP contribution in [0.1, 0.15) is 42.5 Å². The van der Waals surface area contributed by atoms with E-state index in [0.717, 1.165) is 22.6 Å². The van der Waals surface area contributed by atoms with Crippen LogP contribution in [0, 0.1) is 6.92 Å². The van der Waals surface area contributed by atoms with Gasteiger partial charge < -0.3 is 10.1 Å². The van der Waals surface area contributed by atoms with Crippen LogP contribution in [0.4, 0.5) is 5.69 Å². The number of thioether (sulfide) groups is 1. The van der Waals surface area contributed by atoms with Crippen molar-refractivity contribution in [3.8, 4) is 5.75 Å². The Kier molecular flexibility index (Phi) is 7.81. The number of hydrogen-bond acceptors (Lipinski definition) is 6. The van der Waals surface area contributed by atoms with Gasteiger partial charge in [0.15, 0.2) is 5.17 Å². The van der Waals surface area contributed by atoms with Crippen LogP contribution in [0.2, 0.25) is 5.02 Å². The van der Waals surface area contributed by atoms with Crippen LogP contribution in [0.3, 0.4) is 0 Å². The zero-order valence-electron chi connectivity index (χ0n) is 21.1. The fourth-order valence-corrected chi connectivity index (χ4v) is 5.53. The third-order valence-electron chi connectivity index (χ3n) is 6.29. The molecule has 5 rings (SSSR count). The van der Waals surface area contributed by atoms with E-state index in [4.69, 9.17) is 21.4 Å². The Morgan fingerprint density at radius 2 is 1.79 bits per heavy atom. The molecule has 0 fully saturated rings. The second-order valence-electron chi connectivity index (χ2n) is 9.08. The summed E-state index contributed by atoms with van der Waals surface area (Å²) in [6, 6.07) is 22.9. The quantitative estimate of drug-likeness (QED) is 0.380. The molecule has 0 aromatic heterocycles. The van der Waals surface area contributed by atoms with Gasteiger partial charge in [0.1, 0.15) is 11.0 Å². The number of carbonyl (C=O) groups excluding carboxylic acids is 2. The predicted octanol–water partition coefficient (Wildman–Crippen LogP) is 6.23. The molecule has 1 N–H and O–H groups in total. The van der Waals surface area contributed by atoms with Crippen LogP contribution < -0.4 is 10.1 Å². The molecule has 7 nitrogen and oxygen atoms in total. The summed E-state index contributed by atoms with van der Waals surface area (Å²) in [6.07, 6.45) is 0.666. The minimum Gasteiger partial charge on any atom is -0.494 e. The fourth-order valence-electron chi connectivity index (χ4n) is 4.34. The van der Waals surface area contributed by atoms with Crippen molar-refractivity contribution in [3.05, 3.63) is 94.5 Å². The number of rotatable bonds is 7. The number of anilines is 1. The van der Waals surface area contributed by atoms with E-state index >= 15 is 0 Å². The van der Waals surface area contributed by atoms with Crippen LogP contribution in [-0.2, 0) is 9.59 Å². The molecular formula is C29H27ClN4O3S. The molecule has 0 aliphatic carbocycles. The topological polar surface area (TPSA) is 83.4 Å². The number of halogens is 1. The lowest BCUT2D eigenvalue weighted by Crippen LogP contribution is -2.25. The van der Waals surface area contributed by atoms with Gasteiger partial charge in [0.25, 0.3) is 5.91 Å². The van der Waals surface area contributed by atoms with E-state index < -0.39 is 5.25 Å². The van der Waals surface area contributed by atoms with Gasteiger partial charge in [-0.15, -0.1) is 0 Å². The Balaban J connectivity index is 1.31. The van der Waals surface area contributed by atoms with Gasteiger partial charge >= 0.3 is 0 Å². The highest BCUT2D eigenvalue weighted by Gasteiger charge is 2.39. The monoisotopic (exact) mass is 546 g/mol. The zero-order chi connectivity index (χ0) is 26.6. The van der Waals surface area contributed by atoms with Gasteiger partial charge in [-0.3, -0.25) is 9.59 Å². The van der Waals surface area contributed by atoms with Crippen molar-refractivity contribution < 1.29 is 14.3 Å². The van der Waals surface area contributed by atoms with E-state index in [1.54, 1.807) is 24.3 Å². The van der Waals surface area contributed by atoms with Crippen LogP contribution in [0.25, 0.3) is 0 Å². The SMILES string of the molecule is CCOc1ccc(NC(=O)C[C@H]2SC(N3N=C(c4ccc(C)cc4)C[C@@H]3c3ccc(Cl)cc3)=NC2=O)cc1. The maximum atomic E-state index is 12.8. The molecule has 3 aromatic carbocycles. The first-order chi connectivity index (χ1) is 18.4. The average molecular weight is 547 g/mol. The van der Waals surface area contributed by atoms with E-state index in [-0.39, 0.29) is 24.3 Å². The molecule has 0 saturated heterocycles. The summed E-state index contributed by atoms with van der Waals surface area (Å²) in [5.41, 5.74) is 4.78. The van der Waals surface area contributed by atoms with Crippen molar-refractivity contribution in [1.82, 2.24) is 5.01 Å². The van der Waals surface area contributed by atoms with Crippen LogP contribution in [0.15, 0.2) is 82.9 Å². The van der Waals surface area contributed by atoms with Crippen molar-refractivity contribution in [2.24, 2.45) is 10.1 Å². The largest absolute Gasteiger partial charge is 0.494 e. The molecule has 0 unspecified atom stereocenters. The standard InChI is InChI=1S/C29H27ClN4O3S/c1-3-37-23-14-12-22(13-15-23)31-27(35)17-26-28(36)32-29(38-26)34-25(20-8-10-21(30)11-9-20)16-24(33-34)19-6-4-18(2)5-7-19/h4-15,25-26H,3,16-17H2,1-2H3,(H,31,35)/t25-,26-/m1/s1. The maximum absolute atomic E-state index is 12.8. The van der Waals surface area contributed by atoms with Crippen LogP contribution in [-0.4, -0.2) is 39.6 Å². The van der Waals surface area contributed by atoms with Gasteiger partial charge in [-0.2, -0.15) is 10.1 Å². The predicted molar refractivity (Wildman–Crippen MR) is 153 cm³/mol. The number of hydrogen-bond donors (Lipinski definition) is 1. The summed E-state index contributed by atoms with van der Waals surface area (Å²) < 4.78 is 5.44. The van der Waals surface area contributed by atoms with Gasteiger partial charge in [0.05, 0.1) is 18.4 Å². The Morgan fingerprint density at radius 3 is 2.47 bits per heavy atom. The number of amidine groups is 1. The zero-order valence-corrected chi connectivity index (χ0v) is 22.6. The molecule has 2 aliphatic heterocycles. The minimum atomic E-state index is -0.614. The third kappa shape index (κ3) is 5.92. The molecule has 0 bridgehead atoms. The van der Waals surface area contributed by atoms with Crippen molar-refractivity contribution in [2.75, 3.05) is 11.9 Å². The summed E-state index contributed by atoms with van der Waals surface area (Å²) >= 11 is 7.41. The molecule has 9 heteroatoms. The van der Waals surface area contributed by atoms with E-state index in [0.29, 0.717) is 28.9 Å². The van der Waals surface area contributed by atoms with E-state index in [1.165, 1.54) is 17.3 Å². The van der Waals surface area contributed by atoms with E-state index in [9.17, 15) is 9.59 Å². The average Bonchev–Trinajstić information content (AvgIpc) is 3.50. The van der Waals surface area contributed by atoms with Gasteiger partial charge in [0.2, 0.25) is 5.91 Å². The number of amides is 2. The van der Waals surface area contributed by atoms with Crippen molar-refractivity contribution in [3.63, 3.8) is 0 Å². The van der Waals surface area contributed by atoms with Crippen LogP contribution in [0.5, 0.6) is 5.75 Å². The lowest BCUT2D eigenvalue weighted by atomic mass is 9.98. The second-order valence-corrected chi connectivity index (χ2v) is 10.7. The first-order valence-electron chi connectivity index (χ1n) is 12.4. The lowest BCUT2D eigenvalue weighted by molar-refractivity contribution is -0.121. The summed E-state index contributed by atoms with van der Waals surface area (Å²) in [6.45, 7) is 4.53. The Morgan fingerprint density at radius 1 is 1.08 bits per heavy atom. The lowest BCUT2D eigenvalue weighted by Gasteiger charge is -2.23. The molecule has 0 spiro atoms.